The Hall–Kier alpha value is 0.440. The molecule has 0 aromatic carbocycles. The van der Waals surface area contributed by atoms with Crippen LogP contribution in [-0.2, 0) is 4.74 Å². The van der Waals surface area contributed by atoms with E-state index in [9.17, 15) is 0 Å². The van der Waals surface area contributed by atoms with Gasteiger partial charge >= 0.3 is 0 Å². The van der Waals surface area contributed by atoms with Gasteiger partial charge in [-0.3, -0.25) is 0 Å². The highest BCUT2D eigenvalue weighted by Crippen LogP contribution is 2.21. The van der Waals surface area contributed by atoms with Gasteiger partial charge in [0.25, 0.3) is 0 Å². The van der Waals surface area contributed by atoms with Gasteiger partial charge in [0, 0.05) is 11.9 Å². The fraction of sp³-hybridized carbons (Fsp3) is 1.00. The molecule has 0 rings (SSSR count). The van der Waals surface area contributed by atoms with Gasteiger partial charge in [0.1, 0.15) is 0 Å². The normalized spacial score (nSPS) is 13.4. The molecule has 0 bridgehead atoms. The second-order valence-electron chi connectivity index (χ2n) is 5.41. The maximum absolute atomic E-state index is 5.73. The first-order valence-corrected chi connectivity index (χ1v) is 6.09. The topological polar surface area (TPSA) is 9.23 Å². The number of alkyl halides is 1. The molecule has 0 aliphatic rings. The lowest BCUT2D eigenvalue weighted by Crippen LogP contribution is -2.27. The van der Waals surface area contributed by atoms with Crippen LogP contribution < -0.4 is 0 Å². The predicted octanol–water partition coefficient (Wildman–Crippen LogP) is 4.00. The zero-order valence-corrected chi connectivity index (χ0v) is 11.2. The molecule has 2 heteroatoms. The van der Waals surface area contributed by atoms with Crippen LogP contribution in [0.15, 0.2) is 0 Å². The Morgan fingerprint density at radius 2 is 1.62 bits per heavy atom. The minimum Gasteiger partial charge on any atom is -0.375 e. The maximum atomic E-state index is 5.73. The monoisotopic (exact) mass is 250 g/mol. The number of hydrogen-bond acceptors (Lipinski definition) is 1. The summed E-state index contributed by atoms with van der Waals surface area (Å²) >= 11 is 3.44. The smallest absolute Gasteiger partial charge is 0.0722 e. The van der Waals surface area contributed by atoms with E-state index in [1.54, 1.807) is 0 Å². The lowest BCUT2D eigenvalue weighted by atomic mass is 9.91. The van der Waals surface area contributed by atoms with E-state index in [1.165, 1.54) is 6.42 Å². The van der Waals surface area contributed by atoms with E-state index in [1.807, 2.05) is 0 Å². The number of ether oxygens (including phenoxy) is 1. The number of halogens is 1. The summed E-state index contributed by atoms with van der Waals surface area (Å²) in [5.41, 5.74) is 0.416. The van der Waals surface area contributed by atoms with Gasteiger partial charge in [-0.2, -0.15) is 0 Å². The first-order chi connectivity index (χ1) is 5.77. The van der Waals surface area contributed by atoms with Crippen molar-refractivity contribution in [1.29, 1.82) is 0 Å². The zero-order valence-electron chi connectivity index (χ0n) is 9.61. The molecule has 0 aromatic heterocycles. The molecule has 13 heavy (non-hydrogen) atoms. The zero-order chi connectivity index (χ0) is 10.5. The lowest BCUT2D eigenvalue weighted by molar-refractivity contribution is -0.00269. The van der Waals surface area contributed by atoms with Crippen molar-refractivity contribution in [3.63, 3.8) is 0 Å². The van der Waals surface area contributed by atoms with Gasteiger partial charge in [-0.15, -0.1) is 0 Å². The van der Waals surface area contributed by atoms with E-state index >= 15 is 0 Å². The van der Waals surface area contributed by atoms with Crippen LogP contribution in [0.3, 0.4) is 0 Å². The van der Waals surface area contributed by atoms with E-state index in [-0.39, 0.29) is 5.60 Å². The summed E-state index contributed by atoms with van der Waals surface area (Å²) < 4.78 is 5.73. The van der Waals surface area contributed by atoms with E-state index in [0.717, 1.165) is 18.4 Å². The molecule has 0 unspecified atom stereocenters. The first kappa shape index (κ1) is 13.4. The Labute approximate surface area is 91.4 Å². The van der Waals surface area contributed by atoms with E-state index in [4.69, 9.17) is 4.74 Å². The second kappa shape index (κ2) is 5.35. The minimum absolute atomic E-state index is 0.0160. The minimum atomic E-state index is -0.0160. The Morgan fingerprint density at radius 3 is 2.00 bits per heavy atom. The number of hydrogen-bond donors (Lipinski definition) is 0. The number of rotatable bonds is 5. The Morgan fingerprint density at radius 1 is 1.08 bits per heavy atom. The fourth-order valence-corrected chi connectivity index (χ4v) is 1.15. The Kier molecular flexibility index (Phi) is 5.53. The van der Waals surface area contributed by atoms with E-state index in [0.29, 0.717) is 5.41 Å². The summed E-state index contributed by atoms with van der Waals surface area (Å²) in [5.74, 6) is 0. The lowest BCUT2D eigenvalue weighted by Gasteiger charge is -2.24. The predicted molar refractivity (Wildman–Crippen MR) is 62.5 cm³/mol. The Bertz CT molecular complexity index is 136. The van der Waals surface area contributed by atoms with Crippen molar-refractivity contribution in [2.75, 3.05) is 11.9 Å². The molecule has 0 heterocycles. The summed E-state index contributed by atoms with van der Waals surface area (Å²) in [6.07, 6.45) is 2.38. The molecule has 0 fully saturated rings. The van der Waals surface area contributed by atoms with Gasteiger partial charge in [-0.25, -0.2) is 0 Å². The van der Waals surface area contributed by atoms with Crippen LogP contribution in [0.25, 0.3) is 0 Å². The highest BCUT2D eigenvalue weighted by molar-refractivity contribution is 9.09. The fourth-order valence-electron chi connectivity index (χ4n) is 0.990. The molecular formula is C11H23BrO. The van der Waals surface area contributed by atoms with Gasteiger partial charge in [-0.1, -0.05) is 36.7 Å². The standard InChI is InChI=1S/C11H23BrO/c1-10(2,3)7-6-8-13-11(4,5)9-12/h6-9H2,1-5H3. The quantitative estimate of drug-likeness (QED) is 0.530. The van der Waals surface area contributed by atoms with E-state index < -0.39 is 0 Å². The van der Waals surface area contributed by atoms with Gasteiger partial charge in [0.2, 0.25) is 0 Å². The summed E-state index contributed by atoms with van der Waals surface area (Å²) in [6, 6.07) is 0. The van der Waals surface area contributed by atoms with Crippen molar-refractivity contribution < 1.29 is 4.74 Å². The van der Waals surface area contributed by atoms with Crippen molar-refractivity contribution in [1.82, 2.24) is 0 Å². The highest BCUT2D eigenvalue weighted by atomic mass is 79.9. The van der Waals surface area contributed by atoms with Crippen molar-refractivity contribution >= 4 is 15.9 Å². The van der Waals surface area contributed by atoms with Crippen molar-refractivity contribution in [3.05, 3.63) is 0 Å². The first-order valence-electron chi connectivity index (χ1n) is 4.97. The van der Waals surface area contributed by atoms with Crippen LogP contribution in [-0.4, -0.2) is 17.5 Å². The van der Waals surface area contributed by atoms with Crippen LogP contribution >= 0.6 is 15.9 Å². The van der Waals surface area contributed by atoms with E-state index in [2.05, 4.69) is 50.5 Å². The molecule has 0 aliphatic heterocycles. The molecule has 0 aliphatic carbocycles. The largest absolute Gasteiger partial charge is 0.375 e. The SMILES string of the molecule is CC(C)(C)CCCOC(C)(C)CBr. The molecule has 1 nitrogen and oxygen atoms in total. The van der Waals surface area contributed by atoms with Crippen LogP contribution in [0.2, 0.25) is 0 Å². The third-order valence-electron chi connectivity index (χ3n) is 1.89. The van der Waals surface area contributed by atoms with Gasteiger partial charge in [0.15, 0.2) is 0 Å². The van der Waals surface area contributed by atoms with Crippen LogP contribution in [0, 0.1) is 5.41 Å². The van der Waals surface area contributed by atoms with Gasteiger partial charge in [-0.05, 0) is 32.1 Å². The van der Waals surface area contributed by atoms with Gasteiger partial charge < -0.3 is 4.74 Å². The molecule has 0 radical (unpaired) electrons. The third-order valence-corrected chi connectivity index (χ3v) is 3.24. The average molecular weight is 251 g/mol. The molecule has 0 amide bonds. The molecule has 0 saturated heterocycles. The molecular weight excluding hydrogens is 228 g/mol. The van der Waals surface area contributed by atoms with Crippen molar-refractivity contribution in [2.45, 2.75) is 53.1 Å². The van der Waals surface area contributed by atoms with Crippen molar-refractivity contribution in [2.24, 2.45) is 5.41 Å². The molecule has 0 spiro atoms. The van der Waals surface area contributed by atoms with Gasteiger partial charge in [0.05, 0.1) is 5.60 Å². The van der Waals surface area contributed by atoms with Crippen LogP contribution in [0.5, 0.6) is 0 Å². The van der Waals surface area contributed by atoms with Crippen LogP contribution in [0.4, 0.5) is 0 Å². The summed E-state index contributed by atoms with van der Waals surface area (Å²) in [4.78, 5) is 0. The highest BCUT2D eigenvalue weighted by Gasteiger charge is 2.16. The molecule has 0 aromatic rings. The average Bonchev–Trinajstić information content (AvgIpc) is 1.97. The molecule has 0 atom stereocenters. The Balaban J connectivity index is 3.47. The molecule has 80 valence electrons. The summed E-state index contributed by atoms with van der Waals surface area (Å²) in [6.45, 7) is 11.9. The maximum Gasteiger partial charge on any atom is 0.0722 e. The molecule has 0 N–H and O–H groups in total. The van der Waals surface area contributed by atoms with Crippen LogP contribution in [0.1, 0.15) is 47.5 Å². The molecule has 0 saturated carbocycles. The summed E-state index contributed by atoms with van der Waals surface area (Å²) in [7, 11) is 0. The van der Waals surface area contributed by atoms with Crippen molar-refractivity contribution in [3.8, 4) is 0 Å². The summed E-state index contributed by atoms with van der Waals surface area (Å²) in [5, 5.41) is 0.898. The third kappa shape index (κ3) is 8.76. The second-order valence-corrected chi connectivity index (χ2v) is 5.97.